The van der Waals surface area contributed by atoms with Crippen LogP contribution in [0.1, 0.15) is 16.7 Å². The van der Waals surface area contributed by atoms with Crippen LogP contribution in [0.3, 0.4) is 0 Å². The van der Waals surface area contributed by atoms with Crippen molar-refractivity contribution in [3.8, 4) is 0 Å². The van der Waals surface area contributed by atoms with Gasteiger partial charge in [-0.1, -0.05) is 36.9 Å². The zero-order valence-corrected chi connectivity index (χ0v) is 10.6. The number of benzene rings is 2. The van der Waals surface area contributed by atoms with Gasteiger partial charge in [-0.15, -0.1) is 0 Å². The van der Waals surface area contributed by atoms with Gasteiger partial charge >= 0.3 is 0 Å². The molecule has 0 spiro atoms. The summed E-state index contributed by atoms with van der Waals surface area (Å²) >= 11 is 0. The monoisotopic (exact) mass is 249 g/mol. The van der Waals surface area contributed by atoms with Crippen LogP contribution >= 0.6 is 0 Å². The lowest BCUT2D eigenvalue weighted by atomic mass is 9.95. The van der Waals surface area contributed by atoms with E-state index in [1.165, 1.54) is 5.39 Å². The summed E-state index contributed by atoms with van der Waals surface area (Å²) < 4.78 is 0. The van der Waals surface area contributed by atoms with E-state index in [-0.39, 0.29) is 6.61 Å². The molecule has 0 aliphatic carbocycles. The molecule has 0 radical (unpaired) electrons. The second-order valence-electron chi connectivity index (χ2n) is 4.57. The minimum Gasteiger partial charge on any atom is -0.392 e. The van der Waals surface area contributed by atoms with Gasteiger partial charge in [-0.3, -0.25) is 0 Å². The van der Waals surface area contributed by atoms with Crippen molar-refractivity contribution >= 4 is 16.5 Å². The van der Waals surface area contributed by atoms with Gasteiger partial charge in [0.1, 0.15) is 0 Å². The molecule has 3 rings (SSSR count). The second-order valence-corrected chi connectivity index (χ2v) is 4.57. The summed E-state index contributed by atoms with van der Waals surface area (Å²) in [4.78, 5) is 3.18. The van der Waals surface area contributed by atoms with Gasteiger partial charge in [-0.25, -0.2) is 0 Å². The van der Waals surface area contributed by atoms with Crippen molar-refractivity contribution in [3.05, 3.63) is 78.0 Å². The van der Waals surface area contributed by atoms with Crippen LogP contribution in [0.2, 0.25) is 0 Å². The van der Waals surface area contributed by atoms with Gasteiger partial charge in [0, 0.05) is 11.7 Å². The van der Waals surface area contributed by atoms with E-state index in [0.29, 0.717) is 0 Å². The van der Waals surface area contributed by atoms with E-state index in [1.807, 2.05) is 36.5 Å². The summed E-state index contributed by atoms with van der Waals surface area (Å²) in [6.07, 6.45) is 1.93. The Balaban J connectivity index is 2.07. The Hall–Kier alpha value is -2.32. The minimum absolute atomic E-state index is 0.0294. The maximum atomic E-state index is 9.41. The molecule has 0 atom stereocenters. The Morgan fingerprint density at radius 3 is 2.79 bits per heavy atom. The zero-order valence-electron chi connectivity index (χ0n) is 10.6. The minimum atomic E-state index is 0.0294. The average molecular weight is 249 g/mol. The number of aliphatic hydroxyl groups excluding tert-OH is 1. The molecule has 0 aliphatic rings. The maximum Gasteiger partial charge on any atom is 0.0687 e. The highest BCUT2D eigenvalue weighted by Gasteiger charge is 2.07. The van der Waals surface area contributed by atoms with Crippen molar-refractivity contribution in [2.45, 2.75) is 6.61 Å². The lowest BCUT2D eigenvalue weighted by Crippen LogP contribution is -1.93. The van der Waals surface area contributed by atoms with E-state index in [2.05, 4.69) is 29.8 Å². The number of hydrogen-bond acceptors (Lipinski definition) is 1. The van der Waals surface area contributed by atoms with Crippen LogP contribution < -0.4 is 0 Å². The number of fused-ring (bicyclic) bond motifs is 1. The molecule has 0 amide bonds. The molecule has 0 saturated carbocycles. The topological polar surface area (TPSA) is 36.0 Å². The molecule has 0 fully saturated rings. The van der Waals surface area contributed by atoms with Gasteiger partial charge in [0.05, 0.1) is 6.61 Å². The third-order valence-electron chi connectivity index (χ3n) is 3.41. The van der Waals surface area contributed by atoms with E-state index in [4.69, 9.17) is 0 Å². The average Bonchev–Trinajstić information content (AvgIpc) is 2.93. The first kappa shape index (κ1) is 11.8. The molecule has 3 aromatic rings. The molecule has 2 heteroatoms. The van der Waals surface area contributed by atoms with Gasteiger partial charge in [0.25, 0.3) is 0 Å². The van der Waals surface area contributed by atoms with E-state index in [1.54, 1.807) is 0 Å². The van der Waals surface area contributed by atoms with Crippen molar-refractivity contribution < 1.29 is 5.11 Å². The van der Waals surface area contributed by atoms with E-state index >= 15 is 0 Å². The predicted octanol–water partition coefficient (Wildman–Crippen LogP) is 3.72. The standard InChI is InChI=1S/C17H15NO/c1-12(16-5-3-2-4-15(16)11-19)13-6-7-17-14(10-13)8-9-18-17/h2-10,18-19H,1,11H2. The van der Waals surface area contributed by atoms with Gasteiger partial charge in [-0.05, 0) is 45.8 Å². The lowest BCUT2D eigenvalue weighted by molar-refractivity contribution is 0.281. The highest BCUT2D eigenvalue weighted by atomic mass is 16.3. The second kappa shape index (κ2) is 4.75. The number of aliphatic hydroxyl groups is 1. The summed E-state index contributed by atoms with van der Waals surface area (Å²) in [7, 11) is 0. The molecule has 2 N–H and O–H groups in total. The Bertz CT molecular complexity index is 740. The van der Waals surface area contributed by atoms with Crippen LogP contribution in [0.15, 0.2) is 61.3 Å². The number of aromatic amines is 1. The largest absolute Gasteiger partial charge is 0.392 e. The summed E-state index contributed by atoms with van der Waals surface area (Å²) in [6, 6.07) is 16.1. The fourth-order valence-corrected chi connectivity index (χ4v) is 2.35. The molecule has 0 aliphatic heterocycles. The van der Waals surface area contributed by atoms with Gasteiger partial charge in [0.2, 0.25) is 0 Å². The Kier molecular flexibility index (Phi) is 2.94. The van der Waals surface area contributed by atoms with Crippen molar-refractivity contribution in [2.24, 2.45) is 0 Å². The molecule has 2 nitrogen and oxygen atoms in total. The lowest BCUT2D eigenvalue weighted by Gasteiger charge is -2.10. The molecule has 0 bridgehead atoms. The molecular weight excluding hydrogens is 234 g/mol. The van der Waals surface area contributed by atoms with Crippen LogP contribution in [0.4, 0.5) is 0 Å². The van der Waals surface area contributed by atoms with Crippen LogP contribution in [-0.2, 0) is 6.61 Å². The van der Waals surface area contributed by atoms with Crippen LogP contribution in [0, 0.1) is 0 Å². The summed E-state index contributed by atoms with van der Waals surface area (Å²) in [5, 5.41) is 10.6. The van der Waals surface area contributed by atoms with Gasteiger partial charge in [-0.2, -0.15) is 0 Å². The van der Waals surface area contributed by atoms with E-state index in [9.17, 15) is 5.11 Å². The molecule has 2 aromatic carbocycles. The predicted molar refractivity (Wildman–Crippen MR) is 78.8 cm³/mol. The van der Waals surface area contributed by atoms with Gasteiger partial charge < -0.3 is 10.1 Å². The Labute approximate surface area is 112 Å². The van der Waals surface area contributed by atoms with E-state index in [0.717, 1.165) is 27.8 Å². The fourth-order valence-electron chi connectivity index (χ4n) is 2.35. The third kappa shape index (κ3) is 2.07. The number of H-pyrrole nitrogens is 1. The highest BCUT2D eigenvalue weighted by Crippen LogP contribution is 2.27. The quantitative estimate of drug-likeness (QED) is 0.729. The molecule has 0 saturated heterocycles. The first-order valence-electron chi connectivity index (χ1n) is 6.25. The van der Waals surface area contributed by atoms with Crippen LogP contribution in [0.25, 0.3) is 16.5 Å². The highest BCUT2D eigenvalue weighted by molar-refractivity contribution is 5.87. The first-order chi connectivity index (χ1) is 9.29. The fraction of sp³-hybridized carbons (Fsp3) is 0.0588. The zero-order chi connectivity index (χ0) is 13.2. The van der Waals surface area contributed by atoms with Crippen LogP contribution in [-0.4, -0.2) is 10.1 Å². The summed E-state index contributed by atoms with van der Waals surface area (Å²) in [6.45, 7) is 4.20. The number of hydrogen-bond donors (Lipinski definition) is 2. The van der Waals surface area contributed by atoms with Crippen molar-refractivity contribution in [2.75, 3.05) is 0 Å². The Morgan fingerprint density at radius 2 is 1.95 bits per heavy atom. The number of rotatable bonds is 3. The van der Waals surface area contributed by atoms with Gasteiger partial charge in [0.15, 0.2) is 0 Å². The van der Waals surface area contributed by atoms with Crippen molar-refractivity contribution in [1.82, 2.24) is 4.98 Å². The smallest absolute Gasteiger partial charge is 0.0687 e. The Morgan fingerprint density at radius 1 is 1.11 bits per heavy atom. The normalized spacial score (nSPS) is 10.8. The first-order valence-corrected chi connectivity index (χ1v) is 6.25. The van der Waals surface area contributed by atoms with Crippen LogP contribution in [0.5, 0.6) is 0 Å². The molecular formula is C17H15NO. The molecule has 19 heavy (non-hydrogen) atoms. The summed E-state index contributed by atoms with van der Waals surface area (Å²) in [5.41, 5.74) is 5.04. The van der Waals surface area contributed by atoms with Crippen molar-refractivity contribution in [3.63, 3.8) is 0 Å². The van der Waals surface area contributed by atoms with E-state index < -0.39 is 0 Å². The molecule has 1 aromatic heterocycles. The summed E-state index contributed by atoms with van der Waals surface area (Å²) in [5.74, 6) is 0. The number of aromatic nitrogens is 1. The maximum absolute atomic E-state index is 9.41. The molecule has 1 heterocycles. The SMILES string of the molecule is C=C(c1ccc2[nH]ccc2c1)c1ccccc1CO. The molecule has 94 valence electrons. The molecule has 0 unspecified atom stereocenters. The third-order valence-corrected chi connectivity index (χ3v) is 3.41. The number of nitrogens with one attached hydrogen (secondary N) is 1. The van der Waals surface area contributed by atoms with Crippen molar-refractivity contribution in [1.29, 1.82) is 0 Å².